The van der Waals surface area contributed by atoms with Gasteiger partial charge in [-0.05, 0) is 17.7 Å². The van der Waals surface area contributed by atoms with E-state index in [1.165, 1.54) is 0 Å². The molecule has 5 heteroatoms. The molecule has 2 aromatic rings. The van der Waals surface area contributed by atoms with Crippen LogP contribution in [-0.2, 0) is 21.3 Å². The summed E-state index contributed by atoms with van der Waals surface area (Å²) in [4.78, 5) is 14.7. The summed E-state index contributed by atoms with van der Waals surface area (Å²) >= 11 is 0. The summed E-state index contributed by atoms with van der Waals surface area (Å²) in [6.45, 7) is 0. The van der Waals surface area contributed by atoms with Crippen LogP contribution in [0, 0.1) is 0 Å². The summed E-state index contributed by atoms with van der Waals surface area (Å²) in [6.07, 6.45) is 1.65. The molecule has 1 aromatic heterocycles. The molecule has 17 heavy (non-hydrogen) atoms. The first-order chi connectivity index (χ1) is 8.16. The van der Waals surface area contributed by atoms with Crippen molar-refractivity contribution in [1.29, 1.82) is 0 Å². The maximum Gasteiger partial charge on any atom is 0.316 e. The Morgan fingerprint density at radius 3 is 2.82 bits per heavy atom. The van der Waals surface area contributed by atoms with Crippen LogP contribution in [0.3, 0.4) is 0 Å². The molecule has 0 bridgehead atoms. The zero-order valence-electron chi connectivity index (χ0n) is 9.00. The Morgan fingerprint density at radius 1 is 1.29 bits per heavy atom. The van der Waals surface area contributed by atoms with Gasteiger partial charge in [-0.1, -0.05) is 18.2 Å². The Labute approximate surface area is 101 Å². The number of aromatic nitrogens is 1. The van der Waals surface area contributed by atoms with Crippen molar-refractivity contribution in [3.8, 4) is 0 Å². The van der Waals surface area contributed by atoms with Crippen LogP contribution >= 0.6 is 0 Å². The van der Waals surface area contributed by atoms with E-state index in [0.29, 0.717) is 0 Å². The summed E-state index contributed by atoms with van der Waals surface area (Å²) in [5, 5.41) is 9.49. The number of pyridine rings is 1. The van der Waals surface area contributed by atoms with Crippen molar-refractivity contribution in [2.45, 2.75) is 5.75 Å². The smallest absolute Gasteiger partial charge is 0.316 e. The van der Waals surface area contributed by atoms with Crippen LogP contribution in [0.15, 0.2) is 36.5 Å². The summed E-state index contributed by atoms with van der Waals surface area (Å²) in [7, 11) is -1.38. The number of carboxylic acids is 1. The number of fused-ring (bicyclic) bond motifs is 1. The molecule has 0 saturated carbocycles. The maximum absolute atomic E-state index is 11.6. The van der Waals surface area contributed by atoms with E-state index < -0.39 is 16.8 Å². The third-order valence-electron chi connectivity index (χ3n) is 2.34. The van der Waals surface area contributed by atoms with E-state index >= 15 is 0 Å². The fourth-order valence-electron chi connectivity index (χ4n) is 1.64. The average molecular weight is 249 g/mol. The number of rotatable bonds is 4. The molecule has 0 aliphatic carbocycles. The lowest BCUT2D eigenvalue weighted by Crippen LogP contribution is -2.10. The minimum absolute atomic E-state index is 0.245. The molecule has 0 saturated heterocycles. The summed E-state index contributed by atoms with van der Waals surface area (Å²) in [5.74, 6) is -1.12. The molecule has 88 valence electrons. The van der Waals surface area contributed by atoms with E-state index in [4.69, 9.17) is 5.11 Å². The lowest BCUT2D eigenvalue weighted by molar-refractivity contribution is -0.133. The van der Waals surface area contributed by atoms with E-state index in [-0.39, 0.29) is 11.5 Å². The standard InChI is InChI=1S/C12H11NO3S/c14-12(15)8-17(16)7-9-5-6-13-11-4-2-1-3-10(9)11/h1-6H,7-8H2,(H,14,15). The molecule has 1 unspecified atom stereocenters. The van der Waals surface area contributed by atoms with E-state index in [1.807, 2.05) is 24.3 Å². The van der Waals surface area contributed by atoms with Crippen molar-refractivity contribution in [3.63, 3.8) is 0 Å². The zero-order chi connectivity index (χ0) is 12.3. The molecule has 0 aliphatic heterocycles. The fraction of sp³-hybridized carbons (Fsp3) is 0.167. The number of nitrogens with zero attached hydrogens (tertiary/aromatic N) is 1. The number of carbonyl (C=O) groups is 1. The van der Waals surface area contributed by atoms with Gasteiger partial charge in [0.15, 0.2) is 0 Å². The monoisotopic (exact) mass is 249 g/mol. The van der Waals surface area contributed by atoms with Gasteiger partial charge in [-0.15, -0.1) is 0 Å². The first-order valence-corrected chi connectivity index (χ1v) is 6.55. The van der Waals surface area contributed by atoms with Gasteiger partial charge in [0.1, 0.15) is 5.75 Å². The van der Waals surface area contributed by atoms with Crippen LogP contribution in [0.25, 0.3) is 10.9 Å². The molecular formula is C12H11NO3S. The van der Waals surface area contributed by atoms with Crippen LogP contribution in [0.5, 0.6) is 0 Å². The van der Waals surface area contributed by atoms with Gasteiger partial charge in [-0.25, -0.2) is 0 Å². The summed E-state index contributed by atoms with van der Waals surface area (Å²) in [5.41, 5.74) is 1.70. The molecule has 0 fully saturated rings. The molecule has 2 rings (SSSR count). The topological polar surface area (TPSA) is 67.3 Å². The lowest BCUT2D eigenvalue weighted by atomic mass is 10.1. The van der Waals surface area contributed by atoms with Crippen LogP contribution in [0.4, 0.5) is 0 Å². The van der Waals surface area contributed by atoms with Crippen molar-refractivity contribution < 1.29 is 14.1 Å². The molecule has 4 nitrogen and oxygen atoms in total. The van der Waals surface area contributed by atoms with Gasteiger partial charge in [0, 0.05) is 28.1 Å². The highest BCUT2D eigenvalue weighted by Gasteiger charge is 2.09. The SMILES string of the molecule is O=C(O)CS(=O)Cc1ccnc2ccccc12. The Balaban J connectivity index is 2.30. The molecule has 1 atom stereocenters. The molecule has 0 aliphatic rings. The Bertz CT molecular complexity index is 577. The van der Waals surface area contributed by atoms with Crippen molar-refractivity contribution in [2.24, 2.45) is 0 Å². The molecule has 1 aromatic carbocycles. The Hall–Kier alpha value is -1.75. The third kappa shape index (κ3) is 2.88. The number of benzene rings is 1. The largest absolute Gasteiger partial charge is 0.481 e. The zero-order valence-corrected chi connectivity index (χ0v) is 9.81. The molecular weight excluding hydrogens is 238 g/mol. The number of aliphatic carboxylic acids is 1. The summed E-state index contributed by atoms with van der Waals surface area (Å²) in [6, 6.07) is 9.32. The van der Waals surface area contributed by atoms with Gasteiger partial charge >= 0.3 is 5.97 Å². The predicted molar refractivity (Wildman–Crippen MR) is 66.1 cm³/mol. The fourth-order valence-corrected chi connectivity index (χ4v) is 2.62. The van der Waals surface area contributed by atoms with Gasteiger partial charge in [0.05, 0.1) is 5.52 Å². The molecule has 0 spiro atoms. The number of carboxylic acid groups (broad SMARTS) is 1. The quantitative estimate of drug-likeness (QED) is 0.893. The highest BCUT2D eigenvalue weighted by molar-refractivity contribution is 7.84. The average Bonchev–Trinajstić information content (AvgIpc) is 2.28. The van der Waals surface area contributed by atoms with Gasteiger partial charge in [0.2, 0.25) is 0 Å². The Morgan fingerprint density at radius 2 is 2.06 bits per heavy atom. The molecule has 0 amide bonds. The predicted octanol–water partition coefficient (Wildman–Crippen LogP) is 1.57. The van der Waals surface area contributed by atoms with E-state index in [2.05, 4.69) is 4.98 Å². The minimum Gasteiger partial charge on any atom is -0.481 e. The van der Waals surface area contributed by atoms with E-state index in [9.17, 15) is 9.00 Å². The lowest BCUT2D eigenvalue weighted by Gasteiger charge is -2.04. The first-order valence-electron chi connectivity index (χ1n) is 5.06. The van der Waals surface area contributed by atoms with E-state index in [0.717, 1.165) is 16.5 Å². The van der Waals surface area contributed by atoms with Crippen molar-refractivity contribution in [1.82, 2.24) is 4.98 Å². The Kier molecular flexibility index (Phi) is 3.49. The highest BCUT2D eigenvalue weighted by atomic mass is 32.2. The second-order valence-corrected chi connectivity index (χ2v) is 5.07. The van der Waals surface area contributed by atoms with Crippen LogP contribution in [-0.4, -0.2) is 26.0 Å². The maximum atomic E-state index is 11.6. The molecule has 1 N–H and O–H groups in total. The number of hydrogen-bond donors (Lipinski definition) is 1. The molecule has 0 radical (unpaired) electrons. The van der Waals surface area contributed by atoms with Crippen molar-refractivity contribution in [3.05, 3.63) is 42.1 Å². The highest BCUT2D eigenvalue weighted by Crippen LogP contribution is 2.17. The second kappa shape index (κ2) is 5.05. The number of hydrogen-bond acceptors (Lipinski definition) is 3. The van der Waals surface area contributed by atoms with Crippen molar-refractivity contribution >= 4 is 27.7 Å². The van der Waals surface area contributed by atoms with Crippen LogP contribution < -0.4 is 0 Å². The summed E-state index contributed by atoms with van der Waals surface area (Å²) < 4.78 is 11.6. The van der Waals surface area contributed by atoms with Gasteiger partial charge < -0.3 is 5.11 Å². The van der Waals surface area contributed by atoms with E-state index in [1.54, 1.807) is 12.3 Å². The van der Waals surface area contributed by atoms with Crippen LogP contribution in [0.2, 0.25) is 0 Å². The normalized spacial score (nSPS) is 12.5. The third-order valence-corrected chi connectivity index (χ3v) is 3.54. The minimum atomic E-state index is -1.38. The number of para-hydroxylation sites is 1. The second-order valence-electron chi connectivity index (χ2n) is 3.61. The van der Waals surface area contributed by atoms with Gasteiger partial charge in [-0.2, -0.15) is 0 Å². The molecule has 1 heterocycles. The van der Waals surface area contributed by atoms with Gasteiger partial charge in [-0.3, -0.25) is 14.0 Å². The van der Waals surface area contributed by atoms with Gasteiger partial charge in [0.25, 0.3) is 0 Å². The van der Waals surface area contributed by atoms with Crippen molar-refractivity contribution in [2.75, 3.05) is 5.75 Å². The van der Waals surface area contributed by atoms with Crippen LogP contribution in [0.1, 0.15) is 5.56 Å². The first kappa shape index (κ1) is 11.7.